The molecule has 4 N–H and O–H groups in total. The minimum absolute atomic E-state index is 0.0744. The molecule has 0 saturated heterocycles. The van der Waals surface area contributed by atoms with Gasteiger partial charge in [0.2, 0.25) is 4.77 Å². The number of nitrogens with two attached hydrogens (primary N) is 1. The van der Waals surface area contributed by atoms with Crippen molar-refractivity contribution in [3.05, 3.63) is 52.3 Å². The minimum atomic E-state index is -0.367. The summed E-state index contributed by atoms with van der Waals surface area (Å²) in [6.07, 6.45) is 0. The zero-order valence-corrected chi connectivity index (χ0v) is 16.0. The van der Waals surface area contributed by atoms with Gasteiger partial charge in [0.15, 0.2) is 5.82 Å². The number of aromatic amines is 1. The number of nitrogens with one attached hydrogen (secondary N) is 1. The van der Waals surface area contributed by atoms with Crippen molar-refractivity contribution in [1.82, 2.24) is 14.8 Å². The number of aromatic nitrogens is 3. The summed E-state index contributed by atoms with van der Waals surface area (Å²) in [6, 6.07) is 9.86. The molecule has 1 heterocycles. The van der Waals surface area contributed by atoms with Crippen LogP contribution in [0.3, 0.4) is 0 Å². The van der Waals surface area contributed by atoms with Crippen molar-refractivity contribution in [1.29, 1.82) is 0 Å². The molecule has 0 fully saturated rings. The molecule has 2 aromatic carbocycles. The second-order valence-electron chi connectivity index (χ2n) is 6.37. The van der Waals surface area contributed by atoms with Gasteiger partial charge in [-0.1, -0.05) is 13.8 Å². The molecular formula is C19H20N4O3S. The summed E-state index contributed by atoms with van der Waals surface area (Å²) in [5.41, 5.74) is 8.11. The molecule has 0 amide bonds. The summed E-state index contributed by atoms with van der Waals surface area (Å²) in [6.45, 7) is 3.98. The minimum Gasteiger partial charge on any atom is -0.507 e. The molecule has 0 spiro atoms. The highest BCUT2D eigenvalue weighted by Gasteiger charge is 2.21. The lowest BCUT2D eigenvalue weighted by Crippen LogP contribution is -2.14. The smallest absolute Gasteiger partial charge is 0.265 e. The van der Waals surface area contributed by atoms with E-state index in [0.29, 0.717) is 22.6 Å². The molecular weight excluding hydrogens is 364 g/mol. The van der Waals surface area contributed by atoms with Crippen LogP contribution in [-0.2, 0) is 0 Å². The third-order valence-electron chi connectivity index (χ3n) is 4.28. The van der Waals surface area contributed by atoms with Gasteiger partial charge < -0.3 is 15.6 Å². The highest BCUT2D eigenvalue weighted by molar-refractivity contribution is 7.71. The highest BCUT2D eigenvalue weighted by Crippen LogP contribution is 2.35. The van der Waals surface area contributed by atoms with Gasteiger partial charge in [0, 0.05) is 17.3 Å². The number of aromatic hydroxyl groups is 1. The van der Waals surface area contributed by atoms with E-state index in [1.165, 1.54) is 10.6 Å². The number of H-pyrrole nitrogens is 1. The van der Waals surface area contributed by atoms with Gasteiger partial charge >= 0.3 is 0 Å². The Morgan fingerprint density at radius 2 is 1.96 bits per heavy atom. The Hall–Kier alpha value is -3.13. The maximum Gasteiger partial charge on any atom is 0.265 e. The maximum atomic E-state index is 13.0. The Morgan fingerprint density at radius 1 is 1.30 bits per heavy atom. The van der Waals surface area contributed by atoms with Crippen molar-refractivity contribution in [2.24, 2.45) is 0 Å². The molecule has 3 rings (SSSR count). The molecule has 0 saturated carbocycles. The molecule has 0 unspecified atom stereocenters. The van der Waals surface area contributed by atoms with Gasteiger partial charge in [-0.05, 0) is 54.0 Å². The monoisotopic (exact) mass is 384 g/mol. The number of benzene rings is 2. The Morgan fingerprint density at radius 3 is 2.56 bits per heavy atom. The van der Waals surface area contributed by atoms with Crippen LogP contribution >= 0.6 is 12.2 Å². The van der Waals surface area contributed by atoms with Gasteiger partial charge in [0.25, 0.3) is 5.91 Å². The standard InChI is InChI=1S/C19H20N4O3S/c1-10(2)13-8-14(16(24)9-15(13)20)17-21-22-19(27)23(17)18(25)11-4-6-12(26-3)7-5-11/h4-10,24H,20H2,1-3H3,(H,22,27). The van der Waals surface area contributed by atoms with E-state index in [1.54, 1.807) is 37.4 Å². The topological polar surface area (TPSA) is 106 Å². The van der Waals surface area contributed by atoms with Crippen LogP contribution in [0.4, 0.5) is 5.69 Å². The molecule has 7 nitrogen and oxygen atoms in total. The van der Waals surface area contributed by atoms with E-state index in [1.807, 2.05) is 13.8 Å². The van der Waals surface area contributed by atoms with Gasteiger partial charge in [-0.3, -0.25) is 9.89 Å². The zero-order valence-electron chi connectivity index (χ0n) is 15.2. The molecule has 0 radical (unpaired) electrons. The summed E-state index contributed by atoms with van der Waals surface area (Å²) in [7, 11) is 1.55. The molecule has 0 aliphatic rings. The fourth-order valence-corrected chi connectivity index (χ4v) is 3.04. The summed E-state index contributed by atoms with van der Waals surface area (Å²) in [5, 5.41) is 17.2. The molecule has 140 valence electrons. The Bertz CT molecular complexity index is 1050. The number of hydrogen-bond acceptors (Lipinski definition) is 6. The van der Waals surface area contributed by atoms with Crippen LogP contribution in [0.1, 0.15) is 35.7 Å². The lowest BCUT2D eigenvalue weighted by atomic mass is 9.97. The van der Waals surface area contributed by atoms with Crippen LogP contribution in [0.25, 0.3) is 11.4 Å². The third-order valence-corrected chi connectivity index (χ3v) is 4.55. The summed E-state index contributed by atoms with van der Waals surface area (Å²) in [4.78, 5) is 13.0. The molecule has 0 bridgehead atoms. The lowest BCUT2D eigenvalue weighted by molar-refractivity contribution is 0.0960. The van der Waals surface area contributed by atoms with E-state index >= 15 is 0 Å². The number of carbonyl (C=O) groups is 1. The predicted octanol–water partition coefficient (Wildman–Crippen LogP) is 3.72. The second kappa shape index (κ2) is 7.24. The van der Waals surface area contributed by atoms with E-state index in [0.717, 1.165) is 5.56 Å². The van der Waals surface area contributed by atoms with Gasteiger partial charge in [-0.15, -0.1) is 0 Å². The first-order valence-corrected chi connectivity index (χ1v) is 8.73. The van der Waals surface area contributed by atoms with Crippen molar-refractivity contribution >= 4 is 23.8 Å². The fraction of sp³-hybridized carbons (Fsp3) is 0.211. The number of anilines is 1. The van der Waals surface area contributed by atoms with Crippen LogP contribution in [0.15, 0.2) is 36.4 Å². The molecule has 27 heavy (non-hydrogen) atoms. The van der Waals surface area contributed by atoms with Gasteiger partial charge in [-0.25, -0.2) is 4.57 Å². The van der Waals surface area contributed by atoms with Crippen LogP contribution in [0.2, 0.25) is 0 Å². The Kier molecular flexibility index (Phi) is 5.00. The van der Waals surface area contributed by atoms with Crippen molar-refractivity contribution in [3.63, 3.8) is 0 Å². The number of methoxy groups -OCH3 is 1. The zero-order chi connectivity index (χ0) is 19.7. The normalized spacial score (nSPS) is 11.0. The van der Waals surface area contributed by atoms with Crippen LogP contribution < -0.4 is 10.5 Å². The van der Waals surface area contributed by atoms with E-state index in [4.69, 9.17) is 22.7 Å². The lowest BCUT2D eigenvalue weighted by Gasteiger charge is -2.14. The number of phenols is 1. The van der Waals surface area contributed by atoms with Crippen molar-refractivity contribution in [2.75, 3.05) is 12.8 Å². The quantitative estimate of drug-likeness (QED) is 0.468. The molecule has 0 aliphatic carbocycles. The van der Waals surface area contributed by atoms with Gasteiger partial charge in [0.05, 0.1) is 12.7 Å². The number of carbonyl (C=O) groups excluding carboxylic acids is 1. The number of ether oxygens (including phenoxy) is 1. The SMILES string of the molecule is COc1ccc(C(=O)n2c(-c3cc(C(C)C)c(N)cc3O)n[nH]c2=S)cc1. The Labute approximate surface area is 161 Å². The summed E-state index contributed by atoms with van der Waals surface area (Å²) < 4.78 is 6.51. The van der Waals surface area contributed by atoms with Crippen LogP contribution in [0, 0.1) is 4.77 Å². The first-order chi connectivity index (χ1) is 12.8. The maximum absolute atomic E-state index is 13.0. The molecule has 0 atom stereocenters. The summed E-state index contributed by atoms with van der Waals surface area (Å²) in [5.74, 6) is 0.556. The number of nitrogens with zero attached hydrogens (tertiary/aromatic N) is 2. The van der Waals surface area contributed by atoms with Crippen molar-refractivity contribution < 1.29 is 14.6 Å². The van der Waals surface area contributed by atoms with Crippen molar-refractivity contribution in [2.45, 2.75) is 19.8 Å². The number of phenolic OH excluding ortho intramolecular Hbond substituents is 1. The average molecular weight is 384 g/mol. The number of nitrogen functional groups attached to an aromatic ring is 1. The number of hydrogen-bond donors (Lipinski definition) is 3. The van der Waals surface area contributed by atoms with Crippen LogP contribution in [0.5, 0.6) is 11.5 Å². The first-order valence-electron chi connectivity index (χ1n) is 8.32. The predicted molar refractivity (Wildman–Crippen MR) is 106 cm³/mol. The molecule has 8 heteroatoms. The van der Waals surface area contributed by atoms with E-state index in [9.17, 15) is 9.90 Å². The van der Waals surface area contributed by atoms with Crippen LogP contribution in [-0.4, -0.2) is 32.9 Å². The second-order valence-corrected chi connectivity index (χ2v) is 6.76. The Balaban J connectivity index is 2.14. The fourth-order valence-electron chi connectivity index (χ4n) is 2.83. The van der Waals surface area contributed by atoms with Gasteiger partial charge in [-0.2, -0.15) is 5.10 Å². The molecule has 3 aromatic rings. The van der Waals surface area contributed by atoms with E-state index in [2.05, 4.69) is 10.2 Å². The van der Waals surface area contributed by atoms with Gasteiger partial charge in [0.1, 0.15) is 11.5 Å². The summed E-state index contributed by atoms with van der Waals surface area (Å²) >= 11 is 5.24. The highest BCUT2D eigenvalue weighted by atomic mass is 32.1. The van der Waals surface area contributed by atoms with E-state index in [-0.39, 0.29) is 28.2 Å². The third kappa shape index (κ3) is 3.43. The largest absolute Gasteiger partial charge is 0.507 e. The molecule has 0 aliphatic heterocycles. The van der Waals surface area contributed by atoms with Crippen molar-refractivity contribution in [3.8, 4) is 22.9 Å². The average Bonchev–Trinajstić information content (AvgIpc) is 3.02. The van der Waals surface area contributed by atoms with E-state index < -0.39 is 0 Å². The molecule has 1 aromatic heterocycles. The number of rotatable bonds is 4. The first kappa shape index (κ1) is 18.7.